The Kier molecular flexibility index (Phi) is 6.53. The number of nitriles is 1. The van der Waals surface area contributed by atoms with Crippen molar-refractivity contribution in [2.75, 3.05) is 14.2 Å². The molecule has 0 amide bonds. The average molecular weight is 490 g/mol. The van der Waals surface area contributed by atoms with E-state index in [1.807, 2.05) is 60.7 Å². The van der Waals surface area contributed by atoms with Gasteiger partial charge in [0.25, 0.3) is 0 Å². The molecule has 0 saturated carbocycles. The van der Waals surface area contributed by atoms with Gasteiger partial charge in [-0.25, -0.2) is 4.99 Å². The third-order valence-electron chi connectivity index (χ3n) is 6.64. The molecule has 5 aromatic rings. The summed E-state index contributed by atoms with van der Waals surface area (Å²) >= 11 is 0. The zero-order valence-electron chi connectivity index (χ0n) is 21.3. The number of rotatable bonds is 7. The maximum atomic E-state index is 10.2. The van der Waals surface area contributed by atoms with Gasteiger partial charge in [0.05, 0.1) is 14.2 Å². The lowest BCUT2D eigenvalue weighted by Crippen LogP contribution is -1.96. The number of aromatic nitrogens is 1. The summed E-state index contributed by atoms with van der Waals surface area (Å²) in [6.07, 6.45) is 1.80. The number of furan rings is 1. The summed E-state index contributed by atoms with van der Waals surface area (Å²) < 4.78 is 19.2. The van der Waals surface area contributed by atoms with Gasteiger partial charge in [-0.2, -0.15) is 5.26 Å². The molecule has 0 bridgehead atoms. The molecule has 0 aliphatic heterocycles. The van der Waals surface area contributed by atoms with Gasteiger partial charge in [-0.05, 0) is 61.9 Å². The minimum Gasteiger partial charge on any atom is -0.497 e. The van der Waals surface area contributed by atoms with E-state index in [0.29, 0.717) is 16.9 Å². The molecular formula is C31H27N3O3. The Labute approximate surface area is 216 Å². The monoisotopic (exact) mass is 489 g/mol. The van der Waals surface area contributed by atoms with Gasteiger partial charge in [0, 0.05) is 46.0 Å². The van der Waals surface area contributed by atoms with Crippen molar-refractivity contribution in [1.82, 2.24) is 4.57 Å². The van der Waals surface area contributed by atoms with E-state index in [9.17, 15) is 5.26 Å². The molecule has 2 heterocycles. The molecule has 0 N–H and O–H groups in total. The molecule has 0 aliphatic carbocycles. The topological polar surface area (TPSA) is 72.7 Å². The van der Waals surface area contributed by atoms with Crippen LogP contribution in [0.2, 0.25) is 0 Å². The van der Waals surface area contributed by atoms with Crippen molar-refractivity contribution in [1.29, 1.82) is 5.26 Å². The van der Waals surface area contributed by atoms with Crippen LogP contribution in [0.15, 0.2) is 82.2 Å². The third-order valence-corrected chi connectivity index (χ3v) is 6.64. The molecule has 0 atom stereocenters. The largest absolute Gasteiger partial charge is 0.497 e. The summed E-state index contributed by atoms with van der Waals surface area (Å²) in [6.45, 7) is 5.07. The second-order valence-electron chi connectivity index (χ2n) is 8.57. The predicted octanol–water partition coefficient (Wildman–Crippen LogP) is 7.54. The van der Waals surface area contributed by atoms with E-state index in [0.717, 1.165) is 51.3 Å². The molecule has 6 nitrogen and oxygen atoms in total. The number of fused-ring (bicyclic) bond motifs is 1. The normalized spacial score (nSPS) is 11.2. The lowest BCUT2D eigenvalue weighted by molar-refractivity contribution is 0.414. The van der Waals surface area contributed by atoms with Crippen LogP contribution in [0.3, 0.4) is 0 Å². The molecule has 6 heteroatoms. The van der Waals surface area contributed by atoms with Gasteiger partial charge in [-0.15, -0.1) is 0 Å². The summed E-state index contributed by atoms with van der Waals surface area (Å²) in [4.78, 5) is 4.73. The van der Waals surface area contributed by atoms with Crippen LogP contribution in [0.25, 0.3) is 33.4 Å². The first-order chi connectivity index (χ1) is 18.1. The summed E-state index contributed by atoms with van der Waals surface area (Å²) in [5.41, 5.74) is 6.01. The highest BCUT2D eigenvalue weighted by molar-refractivity contribution is 6.02. The molecule has 0 radical (unpaired) electrons. The fraction of sp³-hybridized carbons (Fsp3) is 0.161. The Morgan fingerprint density at radius 2 is 1.54 bits per heavy atom. The van der Waals surface area contributed by atoms with Crippen LogP contribution in [0.5, 0.6) is 11.5 Å². The number of hydrogen-bond donors (Lipinski definition) is 0. The molecule has 0 unspecified atom stereocenters. The number of para-hydroxylation sites is 1. The maximum absolute atomic E-state index is 10.2. The minimum absolute atomic E-state index is 0.270. The Hall–Kier alpha value is -4.76. The molecule has 37 heavy (non-hydrogen) atoms. The molecule has 2 aromatic heterocycles. The van der Waals surface area contributed by atoms with Gasteiger partial charge in [0.2, 0.25) is 5.88 Å². The zero-order chi connectivity index (χ0) is 25.9. The number of methoxy groups -OCH3 is 2. The van der Waals surface area contributed by atoms with Crippen LogP contribution < -0.4 is 9.47 Å². The van der Waals surface area contributed by atoms with Gasteiger partial charge in [-0.1, -0.05) is 30.3 Å². The molecule has 5 rings (SSSR count). The van der Waals surface area contributed by atoms with E-state index >= 15 is 0 Å². The number of hydrogen-bond acceptors (Lipinski definition) is 5. The van der Waals surface area contributed by atoms with E-state index in [1.54, 1.807) is 20.4 Å². The van der Waals surface area contributed by atoms with Crippen molar-refractivity contribution in [2.45, 2.75) is 20.4 Å². The molecule has 0 saturated heterocycles. The number of benzene rings is 3. The van der Waals surface area contributed by atoms with Crippen LogP contribution in [0.1, 0.15) is 23.7 Å². The highest BCUT2D eigenvalue weighted by atomic mass is 16.5. The first kappa shape index (κ1) is 24.0. The van der Waals surface area contributed by atoms with Gasteiger partial charge in [0.1, 0.15) is 28.9 Å². The van der Waals surface area contributed by atoms with Crippen molar-refractivity contribution >= 4 is 23.0 Å². The maximum Gasteiger partial charge on any atom is 0.238 e. The smallest absolute Gasteiger partial charge is 0.238 e. The number of ether oxygens (including phenoxy) is 2. The molecule has 0 aliphatic rings. The van der Waals surface area contributed by atoms with Crippen LogP contribution in [0.4, 0.5) is 5.88 Å². The van der Waals surface area contributed by atoms with Gasteiger partial charge < -0.3 is 18.5 Å². The van der Waals surface area contributed by atoms with Gasteiger partial charge >= 0.3 is 0 Å². The van der Waals surface area contributed by atoms with E-state index < -0.39 is 0 Å². The SMILES string of the molecule is CCn1c(C)c(C=Nc2oc(-c3ccc(OC)cc3)c(-c3ccc(OC)cc3)c2C#N)c2ccccc21. The number of aliphatic imine (C=N–C) groups is 1. The average Bonchev–Trinajstić information content (AvgIpc) is 3.45. The second-order valence-corrected chi connectivity index (χ2v) is 8.57. The van der Waals surface area contributed by atoms with Crippen molar-refractivity contribution in [3.63, 3.8) is 0 Å². The summed E-state index contributed by atoms with van der Waals surface area (Å²) in [6, 6.07) is 25.8. The first-order valence-electron chi connectivity index (χ1n) is 12.1. The molecule has 0 spiro atoms. The van der Waals surface area contributed by atoms with E-state index in [-0.39, 0.29) is 5.88 Å². The third kappa shape index (κ3) is 4.25. The molecule has 0 fully saturated rings. The Bertz CT molecular complexity index is 1630. The van der Waals surface area contributed by atoms with Gasteiger partial charge in [0.15, 0.2) is 0 Å². The van der Waals surface area contributed by atoms with Crippen LogP contribution in [0, 0.1) is 18.3 Å². The summed E-state index contributed by atoms with van der Waals surface area (Å²) in [5.74, 6) is 2.32. The Morgan fingerprint density at radius 3 is 2.14 bits per heavy atom. The zero-order valence-corrected chi connectivity index (χ0v) is 21.3. The van der Waals surface area contributed by atoms with Gasteiger partial charge in [-0.3, -0.25) is 0 Å². The molecular weight excluding hydrogens is 462 g/mol. The summed E-state index contributed by atoms with van der Waals surface area (Å²) in [5, 5.41) is 11.3. The van der Waals surface area contributed by atoms with Crippen molar-refractivity contribution in [2.24, 2.45) is 4.99 Å². The summed E-state index contributed by atoms with van der Waals surface area (Å²) in [7, 11) is 3.25. The Morgan fingerprint density at radius 1 is 0.919 bits per heavy atom. The Balaban J connectivity index is 1.69. The van der Waals surface area contributed by atoms with Crippen molar-refractivity contribution in [3.8, 4) is 40.0 Å². The van der Waals surface area contributed by atoms with Crippen LogP contribution in [-0.2, 0) is 6.54 Å². The molecule has 3 aromatic carbocycles. The van der Waals surface area contributed by atoms with E-state index in [4.69, 9.17) is 18.9 Å². The first-order valence-corrected chi connectivity index (χ1v) is 12.1. The van der Waals surface area contributed by atoms with Crippen molar-refractivity contribution in [3.05, 3.63) is 89.6 Å². The lowest BCUT2D eigenvalue weighted by Gasteiger charge is -2.06. The van der Waals surface area contributed by atoms with E-state index in [2.05, 4.69) is 36.6 Å². The number of aryl methyl sites for hydroxylation is 1. The minimum atomic E-state index is 0.270. The van der Waals surface area contributed by atoms with Crippen LogP contribution in [-0.4, -0.2) is 25.0 Å². The second kappa shape index (κ2) is 10.1. The fourth-order valence-electron chi connectivity index (χ4n) is 4.74. The standard InChI is InChI=1S/C31H27N3O3/c1-5-34-20(2)27(25-8-6-7-9-28(25)34)19-33-31-26(18-32)29(21-10-14-23(35-3)15-11-21)30(37-31)22-12-16-24(36-4)17-13-22/h6-17,19H,5H2,1-4H3. The van der Waals surface area contributed by atoms with E-state index in [1.165, 1.54) is 0 Å². The lowest BCUT2D eigenvalue weighted by atomic mass is 9.98. The highest BCUT2D eigenvalue weighted by Gasteiger charge is 2.23. The van der Waals surface area contributed by atoms with Crippen molar-refractivity contribution < 1.29 is 13.9 Å². The van der Waals surface area contributed by atoms with Crippen LogP contribution >= 0.6 is 0 Å². The quantitative estimate of drug-likeness (QED) is 0.221. The number of nitrogens with zero attached hydrogens (tertiary/aromatic N) is 3. The fourth-order valence-corrected chi connectivity index (χ4v) is 4.74. The molecule has 184 valence electrons. The highest BCUT2D eigenvalue weighted by Crippen LogP contribution is 2.43. The predicted molar refractivity (Wildman–Crippen MR) is 147 cm³/mol.